The Balaban J connectivity index is 3.70. The van der Waals surface area contributed by atoms with Gasteiger partial charge < -0.3 is 15.2 Å². The second kappa shape index (κ2) is 8.42. The molecule has 16 heavy (non-hydrogen) atoms. The molecular weight excluding hydrogens is 216 g/mol. The van der Waals surface area contributed by atoms with Gasteiger partial charge in [0.25, 0.3) is 5.91 Å². The number of ether oxygens (including phenoxy) is 1. The SMILES string of the molecule is COCCCNC(=O)NC(=O)/C=C/C(=O)O. The molecule has 0 aromatic rings. The quantitative estimate of drug-likeness (QED) is 0.421. The van der Waals surface area contributed by atoms with Crippen molar-refractivity contribution in [3.05, 3.63) is 12.2 Å². The smallest absolute Gasteiger partial charge is 0.328 e. The topological polar surface area (TPSA) is 105 Å². The Morgan fingerprint density at radius 3 is 2.56 bits per heavy atom. The van der Waals surface area contributed by atoms with Crippen LogP contribution in [0, 0.1) is 0 Å². The van der Waals surface area contributed by atoms with Crippen LogP contribution in [0.5, 0.6) is 0 Å². The van der Waals surface area contributed by atoms with Crippen LogP contribution in [0.25, 0.3) is 0 Å². The van der Waals surface area contributed by atoms with Crippen LogP contribution in [0.15, 0.2) is 12.2 Å². The number of carboxylic acid groups (broad SMARTS) is 1. The Labute approximate surface area is 92.5 Å². The summed E-state index contributed by atoms with van der Waals surface area (Å²) in [5.41, 5.74) is 0. The van der Waals surface area contributed by atoms with E-state index in [9.17, 15) is 14.4 Å². The zero-order valence-corrected chi connectivity index (χ0v) is 8.86. The molecule has 0 spiro atoms. The van der Waals surface area contributed by atoms with E-state index in [1.165, 1.54) is 0 Å². The van der Waals surface area contributed by atoms with E-state index < -0.39 is 17.9 Å². The number of hydrogen-bond donors (Lipinski definition) is 3. The van der Waals surface area contributed by atoms with Gasteiger partial charge in [0.2, 0.25) is 0 Å². The third kappa shape index (κ3) is 8.70. The molecule has 0 aromatic carbocycles. The van der Waals surface area contributed by atoms with E-state index in [1.54, 1.807) is 7.11 Å². The fourth-order valence-electron chi connectivity index (χ4n) is 0.763. The average Bonchev–Trinajstić information content (AvgIpc) is 2.21. The standard InChI is InChI=1S/C9H14N2O5/c1-16-6-2-5-10-9(15)11-7(12)3-4-8(13)14/h3-4H,2,5-6H2,1H3,(H,13,14)(H2,10,11,12,15)/b4-3+. The number of hydrogen-bond acceptors (Lipinski definition) is 4. The lowest BCUT2D eigenvalue weighted by atomic mass is 10.4. The maximum Gasteiger partial charge on any atom is 0.328 e. The molecule has 7 heteroatoms. The molecule has 0 rings (SSSR count). The van der Waals surface area contributed by atoms with Gasteiger partial charge in [0, 0.05) is 32.4 Å². The summed E-state index contributed by atoms with van der Waals surface area (Å²) >= 11 is 0. The molecule has 0 saturated carbocycles. The first-order valence-corrected chi connectivity index (χ1v) is 4.55. The van der Waals surface area contributed by atoms with Crippen LogP contribution in [-0.4, -0.2) is 43.3 Å². The normalized spacial score (nSPS) is 10.1. The lowest BCUT2D eigenvalue weighted by Crippen LogP contribution is -2.39. The fourth-order valence-corrected chi connectivity index (χ4v) is 0.763. The number of carboxylic acids is 1. The molecule has 3 N–H and O–H groups in total. The second-order valence-corrected chi connectivity index (χ2v) is 2.76. The summed E-state index contributed by atoms with van der Waals surface area (Å²) in [5, 5.41) is 12.6. The molecule has 0 aliphatic heterocycles. The zero-order valence-electron chi connectivity index (χ0n) is 8.86. The Bertz CT molecular complexity index is 288. The first-order valence-electron chi connectivity index (χ1n) is 4.55. The van der Waals surface area contributed by atoms with Crippen molar-refractivity contribution in [2.45, 2.75) is 6.42 Å². The molecule has 0 saturated heterocycles. The number of urea groups is 1. The molecule has 0 unspecified atom stereocenters. The number of carbonyl (C=O) groups excluding carboxylic acids is 2. The van der Waals surface area contributed by atoms with Crippen molar-refractivity contribution in [1.29, 1.82) is 0 Å². The van der Waals surface area contributed by atoms with E-state index in [4.69, 9.17) is 9.84 Å². The Kier molecular flexibility index (Phi) is 7.43. The molecule has 0 aromatic heterocycles. The number of imide groups is 1. The predicted molar refractivity (Wildman–Crippen MR) is 54.8 cm³/mol. The number of methoxy groups -OCH3 is 1. The van der Waals surface area contributed by atoms with Crippen LogP contribution < -0.4 is 10.6 Å². The van der Waals surface area contributed by atoms with E-state index in [0.29, 0.717) is 25.6 Å². The molecule has 0 heterocycles. The summed E-state index contributed by atoms with van der Waals surface area (Å²) in [6.07, 6.45) is 2.04. The first-order chi connectivity index (χ1) is 7.56. The summed E-state index contributed by atoms with van der Waals surface area (Å²) in [6.45, 7) is 0.878. The largest absolute Gasteiger partial charge is 0.478 e. The van der Waals surface area contributed by atoms with Crippen molar-refractivity contribution in [3.8, 4) is 0 Å². The number of nitrogens with one attached hydrogen (secondary N) is 2. The lowest BCUT2D eigenvalue weighted by molar-refractivity contribution is -0.131. The summed E-state index contributed by atoms with van der Waals surface area (Å²) in [7, 11) is 1.54. The van der Waals surface area contributed by atoms with Crippen molar-refractivity contribution in [2.75, 3.05) is 20.3 Å². The van der Waals surface area contributed by atoms with Crippen LogP contribution in [0.3, 0.4) is 0 Å². The van der Waals surface area contributed by atoms with Gasteiger partial charge >= 0.3 is 12.0 Å². The first kappa shape index (κ1) is 14.1. The molecule has 90 valence electrons. The van der Waals surface area contributed by atoms with Crippen molar-refractivity contribution >= 4 is 17.9 Å². The number of rotatable bonds is 6. The molecule has 0 bridgehead atoms. The molecule has 0 fully saturated rings. The number of amides is 3. The van der Waals surface area contributed by atoms with Gasteiger partial charge in [-0.3, -0.25) is 10.1 Å². The molecular formula is C9H14N2O5. The van der Waals surface area contributed by atoms with Gasteiger partial charge in [0.1, 0.15) is 0 Å². The van der Waals surface area contributed by atoms with E-state index in [0.717, 1.165) is 6.08 Å². The molecule has 0 atom stereocenters. The van der Waals surface area contributed by atoms with Crippen LogP contribution >= 0.6 is 0 Å². The highest BCUT2D eigenvalue weighted by Crippen LogP contribution is 1.78. The number of carbonyl (C=O) groups is 3. The van der Waals surface area contributed by atoms with Crippen molar-refractivity contribution in [2.24, 2.45) is 0 Å². The minimum Gasteiger partial charge on any atom is -0.478 e. The van der Waals surface area contributed by atoms with Gasteiger partial charge in [0.15, 0.2) is 0 Å². The molecule has 0 aliphatic rings. The minimum absolute atomic E-state index is 0.371. The van der Waals surface area contributed by atoms with Crippen molar-refractivity contribution in [1.82, 2.24) is 10.6 Å². The third-order valence-electron chi connectivity index (χ3n) is 1.42. The summed E-state index contributed by atoms with van der Waals surface area (Å²) < 4.78 is 4.75. The van der Waals surface area contributed by atoms with Gasteiger partial charge in [-0.05, 0) is 6.42 Å². The van der Waals surface area contributed by atoms with Gasteiger partial charge in [-0.25, -0.2) is 9.59 Å². The Hall–Kier alpha value is -1.89. The third-order valence-corrected chi connectivity index (χ3v) is 1.42. The monoisotopic (exact) mass is 230 g/mol. The van der Waals surface area contributed by atoms with E-state index in [2.05, 4.69) is 5.32 Å². The second-order valence-electron chi connectivity index (χ2n) is 2.76. The molecule has 7 nitrogen and oxygen atoms in total. The molecule has 0 aliphatic carbocycles. The predicted octanol–water partition coefficient (Wildman–Crippen LogP) is -0.510. The highest BCUT2D eigenvalue weighted by molar-refractivity contribution is 6.02. The van der Waals surface area contributed by atoms with E-state index in [1.807, 2.05) is 5.32 Å². The minimum atomic E-state index is -1.25. The van der Waals surface area contributed by atoms with Crippen LogP contribution in [0.1, 0.15) is 6.42 Å². The van der Waals surface area contributed by atoms with Gasteiger partial charge in [0.05, 0.1) is 0 Å². The van der Waals surface area contributed by atoms with Crippen LogP contribution in [-0.2, 0) is 14.3 Å². The van der Waals surface area contributed by atoms with Gasteiger partial charge in [-0.2, -0.15) is 0 Å². The molecule has 0 radical (unpaired) electrons. The maximum atomic E-state index is 11.0. The highest BCUT2D eigenvalue weighted by atomic mass is 16.5. The van der Waals surface area contributed by atoms with Crippen molar-refractivity contribution in [3.63, 3.8) is 0 Å². The van der Waals surface area contributed by atoms with Crippen LogP contribution in [0.4, 0.5) is 4.79 Å². The van der Waals surface area contributed by atoms with Crippen LogP contribution in [0.2, 0.25) is 0 Å². The van der Waals surface area contributed by atoms with Crippen molar-refractivity contribution < 1.29 is 24.2 Å². The Morgan fingerprint density at radius 2 is 2.00 bits per heavy atom. The zero-order chi connectivity index (χ0) is 12.4. The molecule has 3 amide bonds. The Morgan fingerprint density at radius 1 is 1.31 bits per heavy atom. The number of aliphatic carboxylic acids is 1. The lowest BCUT2D eigenvalue weighted by Gasteiger charge is -2.04. The maximum absolute atomic E-state index is 11.0. The van der Waals surface area contributed by atoms with Gasteiger partial charge in [-0.1, -0.05) is 0 Å². The highest BCUT2D eigenvalue weighted by Gasteiger charge is 2.03. The average molecular weight is 230 g/mol. The van der Waals surface area contributed by atoms with Gasteiger partial charge in [-0.15, -0.1) is 0 Å². The summed E-state index contributed by atoms with van der Waals surface area (Å²) in [5.74, 6) is -2.04. The van der Waals surface area contributed by atoms with E-state index in [-0.39, 0.29) is 0 Å². The van der Waals surface area contributed by atoms with E-state index >= 15 is 0 Å². The summed E-state index contributed by atoms with van der Waals surface area (Å²) in [6, 6.07) is -0.670. The summed E-state index contributed by atoms with van der Waals surface area (Å²) in [4.78, 5) is 31.9. The fraction of sp³-hybridized carbons (Fsp3) is 0.444.